The normalized spacial score (nSPS) is 10.8. The molecule has 0 aliphatic carbocycles. The van der Waals surface area contributed by atoms with Crippen LogP contribution in [0.2, 0.25) is 10.0 Å². The van der Waals surface area contributed by atoms with E-state index >= 15 is 0 Å². The molecule has 2 aromatic carbocycles. The predicted octanol–water partition coefficient (Wildman–Crippen LogP) is 4.36. The van der Waals surface area contributed by atoms with Crippen LogP contribution in [0.5, 0.6) is 0 Å². The molecular formula is C13H8Cl2N2OS. The van der Waals surface area contributed by atoms with Crippen molar-refractivity contribution < 1.29 is 4.21 Å². The molecular weight excluding hydrogens is 303 g/mol. The largest absolute Gasteiger partial charge is 0.239 e. The minimum Gasteiger partial charge on any atom is -0.239 e. The summed E-state index contributed by atoms with van der Waals surface area (Å²) in [5, 5.41) is 9.84. The van der Waals surface area contributed by atoms with E-state index in [0.717, 1.165) is 0 Å². The predicted molar refractivity (Wildman–Crippen MR) is 75.6 cm³/mol. The Labute approximate surface area is 121 Å². The number of hydrogen-bond donors (Lipinski definition) is 0. The first-order chi connectivity index (χ1) is 9.06. The third-order valence-electron chi connectivity index (χ3n) is 2.44. The van der Waals surface area contributed by atoms with Gasteiger partial charge in [0.1, 0.15) is 9.73 Å². The lowest BCUT2D eigenvalue weighted by Crippen LogP contribution is -2.01. The Morgan fingerprint density at radius 2 is 1.26 bits per heavy atom. The van der Waals surface area contributed by atoms with Crippen molar-refractivity contribution in [3.05, 3.63) is 58.6 Å². The van der Waals surface area contributed by atoms with Crippen LogP contribution in [0, 0.1) is 11.5 Å². The lowest BCUT2D eigenvalue weighted by molar-refractivity contribution is 0.677. The van der Waals surface area contributed by atoms with E-state index in [0.29, 0.717) is 19.8 Å². The Kier molecular flexibility index (Phi) is 4.11. The smallest absolute Gasteiger partial charge is 0.215 e. The number of halogens is 2. The maximum Gasteiger partial charge on any atom is 0.215 e. The molecule has 0 N–H and O–H groups in total. The SMILES string of the molecule is N#CN=S(=O)(c1ccc(Cl)cc1)c1ccc(Cl)cc1. The minimum atomic E-state index is -2.98. The first-order valence-electron chi connectivity index (χ1n) is 5.23. The summed E-state index contributed by atoms with van der Waals surface area (Å²) in [7, 11) is -2.98. The van der Waals surface area contributed by atoms with E-state index in [2.05, 4.69) is 4.36 Å². The Hall–Kier alpha value is -1.54. The highest BCUT2D eigenvalue weighted by atomic mass is 35.5. The van der Waals surface area contributed by atoms with Crippen LogP contribution in [0.1, 0.15) is 0 Å². The third kappa shape index (κ3) is 2.90. The summed E-state index contributed by atoms with van der Waals surface area (Å²) >= 11 is 11.6. The topological polar surface area (TPSA) is 53.2 Å². The molecule has 0 heterocycles. The fourth-order valence-corrected chi connectivity index (χ4v) is 3.40. The van der Waals surface area contributed by atoms with Crippen LogP contribution in [-0.4, -0.2) is 4.21 Å². The highest BCUT2D eigenvalue weighted by Crippen LogP contribution is 2.25. The Morgan fingerprint density at radius 3 is 1.58 bits per heavy atom. The highest BCUT2D eigenvalue weighted by molar-refractivity contribution is 7.93. The molecule has 0 saturated carbocycles. The van der Waals surface area contributed by atoms with E-state index in [4.69, 9.17) is 28.5 Å². The Bertz CT molecular complexity index is 688. The molecule has 0 saturated heterocycles. The van der Waals surface area contributed by atoms with Crippen molar-refractivity contribution in [2.24, 2.45) is 4.36 Å². The van der Waals surface area contributed by atoms with Gasteiger partial charge in [0.25, 0.3) is 0 Å². The van der Waals surface area contributed by atoms with Gasteiger partial charge in [-0.05, 0) is 48.5 Å². The maximum absolute atomic E-state index is 12.9. The maximum atomic E-state index is 12.9. The molecule has 2 aromatic rings. The van der Waals surface area contributed by atoms with Gasteiger partial charge < -0.3 is 0 Å². The van der Waals surface area contributed by atoms with Crippen molar-refractivity contribution >= 4 is 32.9 Å². The van der Waals surface area contributed by atoms with Crippen molar-refractivity contribution in [3.63, 3.8) is 0 Å². The van der Waals surface area contributed by atoms with Crippen molar-refractivity contribution in [2.45, 2.75) is 9.79 Å². The third-order valence-corrected chi connectivity index (χ3v) is 5.10. The average Bonchev–Trinajstić information content (AvgIpc) is 2.40. The van der Waals surface area contributed by atoms with Crippen LogP contribution in [-0.2, 0) is 9.73 Å². The quantitative estimate of drug-likeness (QED) is 0.774. The summed E-state index contributed by atoms with van der Waals surface area (Å²) < 4.78 is 16.5. The van der Waals surface area contributed by atoms with Crippen LogP contribution in [0.25, 0.3) is 0 Å². The summed E-state index contributed by atoms with van der Waals surface area (Å²) in [5.41, 5.74) is 0. The fraction of sp³-hybridized carbons (Fsp3) is 0. The van der Waals surface area contributed by atoms with Gasteiger partial charge >= 0.3 is 0 Å². The van der Waals surface area contributed by atoms with Gasteiger partial charge in [-0.1, -0.05) is 23.2 Å². The number of nitrogens with zero attached hydrogens (tertiary/aromatic N) is 2. The second kappa shape index (κ2) is 5.62. The second-order valence-electron chi connectivity index (χ2n) is 3.62. The molecule has 0 aliphatic rings. The summed E-state index contributed by atoms with van der Waals surface area (Å²) in [5.74, 6) is 0. The summed E-state index contributed by atoms with van der Waals surface area (Å²) in [4.78, 5) is 0.863. The Balaban J connectivity index is 2.66. The van der Waals surface area contributed by atoms with Crippen molar-refractivity contribution in [2.75, 3.05) is 0 Å². The molecule has 0 fully saturated rings. The van der Waals surface area contributed by atoms with E-state index in [-0.39, 0.29) is 0 Å². The zero-order valence-corrected chi connectivity index (χ0v) is 11.9. The zero-order valence-electron chi connectivity index (χ0n) is 9.59. The molecule has 19 heavy (non-hydrogen) atoms. The Morgan fingerprint density at radius 1 is 0.895 bits per heavy atom. The van der Waals surface area contributed by atoms with E-state index < -0.39 is 9.73 Å². The van der Waals surface area contributed by atoms with Gasteiger partial charge in [0, 0.05) is 10.0 Å². The molecule has 6 heteroatoms. The molecule has 0 amide bonds. The lowest BCUT2D eigenvalue weighted by atomic mass is 10.4. The second-order valence-corrected chi connectivity index (χ2v) is 6.67. The number of rotatable bonds is 2. The standard InChI is InChI=1S/C13H8Cl2N2OS/c14-10-1-5-12(6-2-10)19(18,17-9-16)13-7-3-11(15)4-8-13/h1-8H. The molecule has 3 nitrogen and oxygen atoms in total. The molecule has 0 bridgehead atoms. The number of nitriles is 1. The van der Waals surface area contributed by atoms with Crippen molar-refractivity contribution in [3.8, 4) is 6.19 Å². The van der Waals surface area contributed by atoms with Crippen LogP contribution < -0.4 is 0 Å². The number of benzene rings is 2. The van der Waals surface area contributed by atoms with Gasteiger partial charge in [0.05, 0.1) is 9.79 Å². The monoisotopic (exact) mass is 310 g/mol. The molecule has 0 unspecified atom stereocenters. The van der Waals surface area contributed by atoms with Crippen LogP contribution in [0.3, 0.4) is 0 Å². The van der Waals surface area contributed by atoms with Gasteiger partial charge in [0.15, 0.2) is 0 Å². The zero-order chi connectivity index (χ0) is 13.9. The van der Waals surface area contributed by atoms with Crippen molar-refractivity contribution in [1.29, 1.82) is 5.26 Å². The molecule has 0 spiro atoms. The molecule has 0 radical (unpaired) electrons. The van der Waals surface area contributed by atoms with Gasteiger partial charge in [-0.15, -0.1) is 4.36 Å². The molecule has 0 aromatic heterocycles. The molecule has 96 valence electrons. The van der Waals surface area contributed by atoms with Crippen molar-refractivity contribution in [1.82, 2.24) is 0 Å². The average molecular weight is 311 g/mol. The minimum absolute atomic E-state index is 0.431. The van der Waals surface area contributed by atoms with Crippen LogP contribution >= 0.6 is 23.2 Å². The van der Waals surface area contributed by atoms with Gasteiger partial charge in [-0.2, -0.15) is 5.26 Å². The first kappa shape index (κ1) is 13.9. The molecule has 2 rings (SSSR count). The summed E-state index contributed by atoms with van der Waals surface area (Å²) in [6.45, 7) is 0. The van der Waals surface area contributed by atoms with E-state index in [9.17, 15) is 4.21 Å². The van der Waals surface area contributed by atoms with E-state index in [1.165, 1.54) is 0 Å². The first-order valence-corrected chi connectivity index (χ1v) is 7.50. The molecule has 0 atom stereocenters. The van der Waals surface area contributed by atoms with Crippen LogP contribution in [0.15, 0.2) is 62.7 Å². The lowest BCUT2D eigenvalue weighted by Gasteiger charge is -2.08. The fourth-order valence-electron chi connectivity index (χ4n) is 1.54. The van der Waals surface area contributed by atoms with Gasteiger partial charge in [-0.3, -0.25) is 0 Å². The van der Waals surface area contributed by atoms with E-state index in [1.807, 2.05) is 0 Å². The van der Waals surface area contributed by atoms with Gasteiger partial charge in [-0.25, -0.2) is 4.21 Å². The van der Waals surface area contributed by atoms with Crippen LogP contribution in [0.4, 0.5) is 0 Å². The summed E-state index contributed by atoms with van der Waals surface area (Å²) in [6, 6.07) is 12.8. The molecule has 0 aliphatic heterocycles. The van der Waals surface area contributed by atoms with Gasteiger partial charge in [0.2, 0.25) is 6.19 Å². The highest BCUT2D eigenvalue weighted by Gasteiger charge is 2.16. The summed E-state index contributed by atoms with van der Waals surface area (Å²) in [6.07, 6.45) is 1.62. The number of hydrogen-bond acceptors (Lipinski definition) is 3. The van der Waals surface area contributed by atoms with E-state index in [1.54, 1.807) is 54.7 Å².